The van der Waals surface area contributed by atoms with Crippen molar-refractivity contribution in [1.82, 2.24) is 10.3 Å². The SMILES string of the molecule is Cc1cc(NC(=S)NC(=O)/C=C/c2ccc(-c3ccccc3)o2)cc(-c2nc3ccccc3o2)c1O. The van der Waals surface area contributed by atoms with Crippen molar-refractivity contribution in [3.8, 4) is 28.5 Å². The van der Waals surface area contributed by atoms with E-state index in [1.807, 2.05) is 54.6 Å². The number of nitrogens with zero attached hydrogens (tertiary/aromatic N) is 1. The number of oxazole rings is 1. The summed E-state index contributed by atoms with van der Waals surface area (Å²) < 4.78 is 11.6. The van der Waals surface area contributed by atoms with Crippen LogP contribution in [-0.2, 0) is 4.79 Å². The van der Waals surface area contributed by atoms with Crippen LogP contribution in [0.5, 0.6) is 5.75 Å². The summed E-state index contributed by atoms with van der Waals surface area (Å²) in [5.74, 6) is 1.18. The second-order valence-electron chi connectivity index (χ2n) is 8.02. The molecule has 1 amide bonds. The molecule has 0 bridgehead atoms. The smallest absolute Gasteiger partial charge is 0.250 e. The van der Waals surface area contributed by atoms with E-state index >= 15 is 0 Å². The third-order valence-corrected chi connectivity index (χ3v) is 5.61. The van der Waals surface area contributed by atoms with E-state index in [2.05, 4.69) is 15.6 Å². The van der Waals surface area contributed by atoms with Gasteiger partial charge >= 0.3 is 0 Å². The van der Waals surface area contributed by atoms with Gasteiger partial charge in [0.2, 0.25) is 11.8 Å². The van der Waals surface area contributed by atoms with Crippen molar-refractivity contribution in [2.75, 3.05) is 5.32 Å². The quantitative estimate of drug-likeness (QED) is 0.150. The Morgan fingerprint density at radius 3 is 2.58 bits per heavy atom. The molecule has 0 fully saturated rings. The number of phenolic OH excluding ortho intramolecular Hbond substituents is 1. The zero-order chi connectivity index (χ0) is 25.1. The number of para-hydroxylation sites is 2. The molecule has 3 aromatic carbocycles. The highest BCUT2D eigenvalue weighted by Crippen LogP contribution is 2.36. The molecule has 0 saturated heterocycles. The number of carbonyl (C=O) groups is 1. The Bertz CT molecular complexity index is 1570. The molecule has 178 valence electrons. The largest absolute Gasteiger partial charge is 0.507 e. The Labute approximate surface area is 212 Å². The highest BCUT2D eigenvalue weighted by atomic mass is 32.1. The third kappa shape index (κ3) is 5.03. The van der Waals surface area contributed by atoms with Gasteiger partial charge in [-0.05, 0) is 67.2 Å². The van der Waals surface area contributed by atoms with Crippen molar-refractivity contribution in [2.45, 2.75) is 6.92 Å². The van der Waals surface area contributed by atoms with Crippen LogP contribution in [0.2, 0.25) is 0 Å². The zero-order valence-electron chi connectivity index (χ0n) is 19.2. The van der Waals surface area contributed by atoms with Gasteiger partial charge in [0.15, 0.2) is 10.7 Å². The first-order valence-electron chi connectivity index (χ1n) is 11.1. The Hall–Kier alpha value is -4.69. The van der Waals surface area contributed by atoms with Crippen LogP contribution in [0.1, 0.15) is 11.3 Å². The first-order chi connectivity index (χ1) is 17.5. The molecule has 7 nitrogen and oxygen atoms in total. The second kappa shape index (κ2) is 9.89. The maximum absolute atomic E-state index is 12.4. The Kier molecular flexibility index (Phi) is 6.34. The maximum atomic E-state index is 12.4. The minimum atomic E-state index is -0.417. The number of furan rings is 1. The van der Waals surface area contributed by atoms with E-state index in [0.29, 0.717) is 39.4 Å². The molecule has 5 aromatic rings. The molecule has 0 aliphatic heterocycles. The lowest BCUT2D eigenvalue weighted by Gasteiger charge is -2.12. The average molecular weight is 496 g/mol. The molecule has 0 unspecified atom stereocenters. The number of aryl methyl sites for hydroxylation is 1. The van der Waals surface area contributed by atoms with Crippen LogP contribution in [0.25, 0.3) is 40.0 Å². The van der Waals surface area contributed by atoms with Crippen molar-refractivity contribution in [3.05, 3.63) is 96.3 Å². The van der Waals surface area contributed by atoms with Crippen molar-refractivity contribution >= 4 is 46.1 Å². The van der Waals surface area contributed by atoms with E-state index < -0.39 is 5.91 Å². The predicted molar refractivity (Wildman–Crippen MR) is 143 cm³/mol. The number of nitrogens with one attached hydrogen (secondary N) is 2. The summed E-state index contributed by atoms with van der Waals surface area (Å²) in [5.41, 5.74) is 3.83. The Morgan fingerprint density at radius 2 is 1.78 bits per heavy atom. The molecule has 0 aliphatic rings. The minimum Gasteiger partial charge on any atom is -0.507 e. The zero-order valence-corrected chi connectivity index (χ0v) is 20.0. The summed E-state index contributed by atoms with van der Waals surface area (Å²) in [4.78, 5) is 16.8. The first-order valence-corrected chi connectivity index (χ1v) is 11.5. The molecular weight excluding hydrogens is 474 g/mol. The molecule has 0 aliphatic carbocycles. The lowest BCUT2D eigenvalue weighted by atomic mass is 10.1. The van der Waals surface area contributed by atoms with Gasteiger partial charge in [-0.2, -0.15) is 0 Å². The van der Waals surface area contributed by atoms with Crippen LogP contribution in [0.15, 0.2) is 93.8 Å². The fraction of sp³-hybridized carbons (Fsp3) is 0.0357. The number of carbonyl (C=O) groups excluding carboxylic acids is 1. The van der Waals surface area contributed by atoms with Gasteiger partial charge in [-0.1, -0.05) is 42.5 Å². The normalized spacial score (nSPS) is 11.1. The minimum absolute atomic E-state index is 0.0540. The van der Waals surface area contributed by atoms with Crippen LogP contribution >= 0.6 is 12.2 Å². The molecule has 2 heterocycles. The summed E-state index contributed by atoms with van der Waals surface area (Å²) in [6.45, 7) is 1.75. The van der Waals surface area contributed by atoms with Crippen LogP contribution in [-0.4, -0.2) is 21.1 Å². The fourth-order valence-corrected chi connectivity index (χ4v) is 3.89. The lowest BCUT2D eigenvalue weighted by Crippen LogP contribution is -2.32. The molecule has 36 heavy (non-hydrogen) atoms. The molecule has 3 N–H and O–H groups in total. The van der Waals surface area contributed by atoms with Crippen LogP contribution < -0.4 is 10.6 Å². The van der Waals surface area contributed by atoms with Gasteiger partial charge in [-0.25, -0.2) is 4.98 Å². The van der Waals surface area contributed by atoms with Crippen LogP contribution in [0.4, 0.5) is 5.69 Å². The summed E-state index contributed by atoms with van der Waals surface area (Å²) in [5, 5.41) is 16.3. The molecule has 0 radical (unpaired) electrons. The van der Waals surface area contributed by atoms with E-state index in [4.69, 9.17) is 21.1 Å². The van der Waals surface area contributed by atoms with E-state index in [1.165, 1.54) is 6.08 Å². The number of phenols is 1. The third-order valence-electron chi connectivity index (χ3n) is 5.40. The number of fused-ring (bicyclic) bond motifs is 1. The summed E-state index contributed by atoms with van der Waals surface area (Å²) >= 11 is 5.30. The monoisotopic (exact) mass is 495 g/mol. The molecule has 0 spiro atoms. The van der Waals surface area contributed by atoms with Gasteiger partial charge in [-0.15, -0.1) is 0 Å². The molecular formula is C28H21N3O4S. The molecule has 2 aromatic heterocycles. The number of rotatable bonds is 5. The van der Waals surface area contributed by atoms with Gasteiger partial charge in [0, 0.05) is 17.3 Å². The number of amides is 1. The number of aromatic hydroxyl groups is 1. The van der Waals surface area contributed by atoms with Crippen molar-refractivity contribution in [3.63, 3.8) is 0 Å². The maximum Gasteiger partial charge on any atom is 0.250 e. The first kappa shape index (κ1) is 23.1. The Balaban J connectivity index is 1.26. The second-order valence-corrected chi connectivity index (χ2v) is 8.43. The van der Waals surface area contributed by atoms with E-state index in [1.54, 1.807) is 37.3 Å². The number of anilines is 1. The molecule has 0 saturated carbocycles. The standard InChI is InChI=1S/C28H21N3O4S/c1-17-15-19(16-21(26(17)33)27-30-22-9-5-6-10-24(22)35-27)29-28(36)31-25(32)14-12-20-11-13-23(34-20)18-7-3-2-4-8-18/h2-16,33H,1H3,(H2,29,31,32,36)/b14-12+. The highest BCUT2D eigenvalue weighted by molar-refractivity contribution is 7.80. The predicted octanol–water partition coefficient (Wildman–Crippen LogP) is 6.30. The fourth-order valence-electron chi connectivity index (χ4n) is 3.68. The number of hydrogen-bond donors (Lipinski definition) is 3. The van der Waals surface area contributed by atoms with Crippen molar-refractivity contribution in [2.24, 2.45) is 0 Å². The average Bonchev–Trinajstić information content (AvgIpc) is 3.52. The number of benzene rings is 3. The van der Waals surface area contributed by atoms with E-state index in [0.717, 1.165) is 5.56 Å². The van der Waals surface area contributed by atoms with E-state index in [-0.39, 0.29) is 16.8 Å². The number of hydrogen-bond acceptors (Lipinski definition) is 6. The van der Waals surface area contributed by atoms with Gasteiger partial charge < -0.3 is 19.3 Å². The summed E-state index contributed by atoms with van der Waals surface area (Å²) in [6.07, 6.45) is 2.91. The summed E-state index contributed by atoms with van der Waals surface area (Å²) in [6, 6.07) is 24.1. The van der Waals surface area contributed by atoms with Crippen molar-refractivity contribution < 1.29 is 18.7 Å². The molecule has 8 heteroatoms. The van der Waals surface area contributed by atoms with Crippen molar-refractivity contribution in [1.29, 1.82) is 0 Å². The van der Waals surface area contributed by atoms with Gasteiger partial charge in [-0.3, -0.25) is 10.1 Å². The number of thiocarbonyl (C=S) groups is 1. The van der Waals surface area contributed by atoms with Crippen LogP contribution in [0, 0.1) is 6.92 Å². The molecule has 5 rings (SSSR count). The Morgan fingerprint density at radius 1 is 1.00 bits per heavy atom. The highest BCUT2D eigenvalue weighted by Gasteiger charge is 2.16. The van der Waals surface area contributed by atoms with Gasteiger partial charge in [0.1, 0.15) is 22.8 Å². The van der Waals surface area contributed by atoms with Gasteiger partial charge in [0.25, 0.3) is 0 Å². The van der Waals surface area contributed by atoms with Gasteiger partial charge in [0.05, 0.1) is 5.56 Å². The molecule has 0 atom stereocenters. The topological polar surface area (TPSA) is 101 Å². The summed E-state index contributed by atoms with van der Waals surface area (Å²) in [7, 11) is 0. The number of aromatic nitrogens is 1. The lowest BCUT2D eigenvalue weighted by molar-refractivity contribution is -0.115. The van der Waals surface area contributed by atoms with Crippen LogP contribution in [0.3, 0.4) is 0 Å². The van der Waals surface area contributed by atoms with E-state index in [9.17, 15) is 9.90 Å².